The smallest absolute Gasteiger partial charge is 0.363 e. The number of alkyl halides is 6. The summed E-state index contributed by atoms with van der Waals surface area (Å²) >= 11 is 16.5. The highest BCUT2D eigenvalue weighted by Gasteiger charge is 2.34. The second-order valence-electron chi connectivity index (χ2n) is 6.18. The number of benzene rings is 1. The Labute approximate surface area is 180 Å². The van der Waals surface area contributed by atoms with E-state index in [2.05, 4.69) is 10.1 Å². The average molecular weight is 468 g/mol. The van der Waals surface area contributed by atoms with Crippen LogP contribution in [0.2, 0.25) is 0 Å². The van der Waals surface area contributed by atoms with Crippen LogP contribution in [0.15, 0.2) is 41.5 Å². The minimum atomic E-state index is -4.49. The topological polar surface area (TPSA) is 48.8 Å². The van der Waals surface area contributed by atoms with Gasteiger partial charge in [-0.05, 0) is 17.7 Å². The van der Waals surface area contributed by atoms with E-state index in [1.807, 2.05) is 0 Å². The first-order chi connectivity index (χ1) is 13.3. The van der Waals surface area contributed by atoms with Gasteiger partial charge in [-0.15, -0.1) is 0 Å². The summed E-state index contributed by atoms with van der Waals surface area (Å²) in [5, 5.41) is 4.75. The molecule has 29 heavy (non-hydrogen) atoms. The molecule has 0 saturated heterocycles. The quantitative estimate of drug-likeness (QED) is 0.361. The molecule has 11 heteroatoms. The lowest BCUT2D eigenvalue weighted by molar-refractivity contribution is -0.137. The number of anilines is 1. The van der Waals surface area contributed by atoms with Gasteiger partial charge in [0.05, 0.1) is 17.5 Å². The molecule has 1 heterocycles. The Morgan fingerprint density at radius 3 is 2.14 bits per heavy atom. The summed E-state index contributed by atoms with van der Waals surface area (Å²) in [6, 6.07) is 8.40. The Morgan fingerprint density at radius 2 is 1.66 bits per heavy atom. The van der Waals surface area contributed by atoms with Crippen molar-refractivity contribution < 1.29 is 18.0 Å². The summed E-state index contributed by atoms with van der Waals surface area (Å²) < 4.78 is 37.4. The lowest BCUT2D eigenvalue weighted by Gasteiger charge is -2.16. The van der Waals surface area contributed by atoms with Gasteiger partial charge in [-0.2, -0.15) is 18.3 Å². The maximum Gasteiger partial charge on any atom is 0.416 e. The van der Waals surface area contributed by atoms with E-state index in [0.29, 0.717) is 11.1 Å². The van der Waals surface area contributed by atoms with Gasteiger partial charge in [-0.3, -0.25) is 4.79 Å². The first-order valence-corrected chi connectivity index (χ1v) is 9.18. The largest absolute Gasteiger partial charge is 0.416 e. The Balaban J connectivity index is 2.29. The van der Waals surface area contributed by atoms with Crippen molar-refractivity contribution in [3.63, 3.8) is 0 Å². The molecule has 0 unspecified atom stereocenters. The van der Waals surface area contributed by atoms with Gasteiger partial charge < -0.3 is 4.90 Å². The molecule has 0 saturated carbocycles. The third-order valence-corrected chi connectivity index (χ3v) is 4.21. The molecule has 1 aromatic heterocycles. The molecule has 1 aromatic carbocycles. The molecule has 2 aromatic rings. The van der Waals surface area contributed by atoms with Crippen LogP contribution in [0.5, 0.6) is 0 Å². The Kier molecular flexibility index (Phi) is 7.03. The van der Waals surface area contributed by atoms with E-state index < -0.39 is 21.4 Å². The molecule has 0 aliphatic heterocycles. The molecule has 1 amide bonds. The van der Waals surface area contributed by atoms with Crippen molar-refractivity contribution in [1.29, 1.82) is 0 Å². The average Bonchev–Trinajstić information content (AvgIpc) is 2.64. The van der Waals surface area contributed by atoms with Crippen LogP contribution in [0, 0.1) is 0 Å². The molecule has 0 N–H and O–H groups in total. The first-order valence-electron chi connectivity index (χ1n) is 8.05. The lowest BCUT2D eigenvalue weighted by atomic mass is 10.1. The van der Waals surface area contributed by atoms with Crippen LogP contribution >= 0.6 is 34.8 Å². The van der Waals surface area contributed by atoms with Crippen LogP contribution < -0.4 is 4.90 Å². The minimum absolute atomic E-state index is 0.176. The Morgan fingerprint density at radius 1 is 1.07 bits per heavy atom. The zero-order valence-electron chi connectivity index (χ0n) is 15.5. The van der Waals surface area contributed by atoms with Gasteiger partial charge in [0.15, 0.2) is 0 Å². The van der Waals surface area contributed by atoms with Crippen molar-refractivity contribution >= 4 is 52.7 Å². The number of rotatable bonds is 4. The molecule has 0 aliphatic rings. The van der Waals surface area contributed by atoms with Gasteiger partial charge in [0.25, 0.3) is 9.70 Å². The van der Waals surface area contributed by atoms with Crippen LogP contribution in [0.1, 0.15) is 11.1 Å². The standard InChI is InChI=1S/C18H16Cl3F3N4O/c1-27(2)15-9-13(18(22,23)24)8-14(26-15)12-6-4-11(5-7-12)10-25-28(3)16(29)17(19,20)21/h4-10H,1-3H3/b25-10-. The lowest BCUT2D eigenvalue weighted by Crippen LogP contribution is -2.32. The van der Waals surface area contributed by atoms with Crippen LogP contribution in [0.4, 0.5) is 19.0 Å². The van der Waals surface area contributed by atoms with Gasteiger partial charge in [-0.25, -0.2) is 9.99 Å². The fourth-order valence-electron chi connectivity index (χ4n) is 2.19. The van der Waals surface area contributed by atoms with Crippen LogP contribution in [0.3, 0.4) is 0 Å². The zero-order chi connectivity index (χ0) is 22.0. The Bertz CT molecular complexity index is 910. The molecule has 2 rings (SSSR count). The summed E-state index contributed by atoms with van der Waals surface area (Å²) in [4.78, 5) is 17.5. The summed E-state index contributed by atoms with van der Waals surface area (Å²) in [6.07, 6.45) is -3.14. The van der Waals surface area contributed by atoms with Crippen LogP contribution in [0.25, 0.3) is 11.3 Å². The molecule has 0 atom stereocenters. The molecule has 156 valence electrons. The number of pyridine rings is 1. The number of amides is 1. The fraction of sp³-hybridized carbons (Fsp3) is 0.278. The third-order valence-electron chi connectivity index (χ3n) is 3.72. The number of halogens is 6. The molecular weight excluding hydrogens is 452 g/mol. The van der Waals surface area contributed by atoms with E-state index in [9.17, 15) is 18.0 Å². The predicted molar refractivity (Wildman–Crippen MR) is 110 cm³/mol. The Hall–Kier alpha value is -2.03. The molecule has 0 radical (unpaired) electrons. The summed E-state index contributed by atoms with van der Waals surface area (Å²) in [6.45, 7) is 0. The summed E-state index contributed by atoms with van der Waals surface area (Å²) in [5.41, 5.74) is 0.457. The number of hydrazone groups is 1. The molecular formula is C18H16Cl3F3N4O. The molecule has 5 nitrogen and oxygen atoms in total. The van der Waals surface area contributed by atoms with Crippen LogP contribution in [-0.2, 0) is 11.0 Å². The fourth-order valence-corrected chi connectivity index (χ4v) is 2.55. The number of carbonyl (C=O) groups excluding carboxylic acids is 1. The van der Waals surface area contributed by atoms with Gasteiger partial charge in [0.2, 0.25) is 0 Å². The van der Waals surface area contributed by atoms with Crippen molar-refractivity contribution in [2.45, 2.75) is 9.97 Å². The maximum atomic E-state index is 13.2. The van der Waals surface area contributed by atoms with Crippen molar-refractivity contribution in [2.75, 3.05) is 26.0 Å². The van der Waals surface area contributed by atoms with E-state index in [1.54, 1.807) is 38.4 Å². The van der Waals surface area contributed by atoms with Gasteiger partial charge in [0.1, 0.15) is 5.82 Å². The highest BCUT2D eigenvalue weighted by atomic mass is 35.6. The van der Waals surface area contributed by atoms with E-state index >= 15 is 0 Å². The predicted octanol–water partition coefficient (Wildman–Crippen LogP) is 5.00. The minimum Gasteiger partial charge on any atom is -0.363 e. The summed E-state index contributed by atoms with van der Waals surface area (Å²) in [7, 11) is 4.55. The molecule has 0 fully saturated rings. The van der Waals surface area contributed by atoms with Crippen molar-refractivity contribution in [3.05, 3.63) is 47.5 Å². The number of aromatic nitrogens is 1. The maximum absolute atomic E-state index is 13.2. The van der Waals surface area contributed by atoms with Crippen molar-refractivity contribution in [2.24, 2.45) is 5.10 Å². The molecule has 0 bridgehead atoms. The van der Waals surface area contributed by atoms with E-state index in [0.717, 1.165) is 17.1 Å². The SMILES string of the molecule is CN(/N=C\c1ccc(-c2cc(C(F)(F)F)cc(N(C)C)n2)cc1)C(=O)C(Cl)(Cl)Cl. The summed E-state index contributed by atoms with van der Waals surface area (Å²) in [5.74, 6) is -0.646. The number of hydrogen-bond donors (Lipinski definition) is 0. The van der Waals surface area contributed by atoms with Gasteiger partial charge in [0, 0.05) is 26.7 Å². The highest BCUT2D eigenvalue weighted by molar-refractivity contribution is 6.76. The second-order valence-corrected chi connectivity index (χ2v) is 8.47. The van der Waals surface area contributed by atoms with E-state index in [4.69, 9.17) is 34.8 Å². The van der Waals surface area contributed by atoms with E-state index in [1.165, 1.54) is 18.2 Å². The van der Waals surface area contributed by atoms with Gasteiger partial charge >= 0.3 is 6.18 Å². The van der Waals surface area contributed by atoms with Crippen LogP contribution in [-0.4, -0.2) is 47.1 Å². The number of carbonyl (C=O) groups is 1. The molecule has 0 aliphatic carbocycles. The number of hydrogen-bond acceptors (Lipinski definition) is 4. The van der Waals surface area contributed by atoms with Crippen molar-refractivity contribution in [3.8, 4) is 11.3 Å². The second kappa shape index (κ2) is 8.77. The monoisotopic (exact) mass is 466 g/mol. The molecule has 0 spiro atoms. The van der Waals surface area contributed by atoms with E-state index in [-0.39, 0.29) is 11.5 Å². The first kappa shape index (κ1) is 23.3. The normalized spacial score (nSPS) is 12.3. The third kappa shape index (κ3) is 6.22. The number of nitrogens with zero attached hydrogens (tertiary/aromatic N) is 4. The van der Waals surface area contributed by atoms with Crippen molar-refractivity contribution in [1.82, 2.24) is 9.99 Å². The highest BCUT2D eigenvalue weighted by Crippen LogP contribution is 2.34. The van der Waals surface area contributed by atoms with Gasteiger partial charge in [-0.1, -0.05) is 59.1 Å². The zero-order valence-corrected chi connectivity index (χ0v) is 17.8.